The number of urea groups is 1. The Morgan fingerprint density at radius 3 is 2.38 bits per heavy atom. The number of carbonyl (C=O) groups is 3. The number of amides is 4. The van der Waals surface area contributed by atoms with Gasteiger partial charge in [0.1, 0.15) is 0 Å². The van der Waals surface area contributed by atoms with E-state index in [-0.39, 0.29) is 29.8 Å². The molecule has 2 fully saturated rings. The average molecular weight is 435 g/mol. The zero-order chi connectivity index (χ0) is 22.4. The monoisotopic (exact) mass is 434 g/mol. The lowest BCUT2D eigenvalue weighted by Crippen LogP contribution is -2.49. The van der Waals surface area contributed by atoms with E-state index in [1.54, 1.807) is 17.0 Å². The van der Waals surface area contributed by atoms with Crippen LogP contribution in [0.5, 0.6) is 0 Å². The molecule has 4 amide bonds. The summed E-state index contributed by atoms with van der Waals surface area (Å²) in [6, 6.07) is 17.4. The van der Waals surface area contributed by atoms with Gasteiger partial charge in [0.05, 0.1) is 6.54 Å². The van der Waals surface area contributed by atoms with Gasteiger partial charge in [-0.05, 0) is 36.1 Å². The van der Waals surface area contributed by atoms with E-state index in [1.807, 2.05) is 18.2 Å². The predicted molar refractivity (Wildman–Crippen MR) is 122 cm³/mol. The van der Waals surface area contributed by atoms with Crippen LogP contribution in [0.4, 0.5) is 4.79 Å². The molecule has 168 valence electrons. The van der Waals surface area contributed by atoms with E-state index >= 15 is 0 Å². The molecular weight excluding hydrogens is 404 g/mol. The van der Waals surface area contributed by atoms with Gasteiger partial charge >= 0.3 is 6.03 Å². The van der Waals surface area contributed by atoms with E-state index in [0.29, 0.717) is 31.7 Å². The minimum atomic E-state index is -0.188. The molecule has 1 saturated carbocycles. The van der Waals surface area contributed by atoms with Gasteiger partial charge < -0.3 is 20.9 Å². The molecule has 1 aliphatic heterocycles. The average Bonchev–Trinajstić information content (AvgIpc) is 3.32. The van der Waals surface area contributed by atoms with Gasteiger partial charge in [-0.2, -0.15) is 0 Å². The molecule has 0 atom stereocenters. The molecule has 3 N–H and O–H groups in total. The second-order valence-electron chi connectivity index (χ2n) is 8.66. The molecule has 0 spiro atoms. The van der Waals surface area contributed by atoms with E-state index < -0.39 is 0 Å². The number of nitrogens with zero attached hydrogens (tertiary/aromatic N) is 1. The topological polar surface area (TPSA) is 90.5 Å². The fourth-order valence-electron chi connectivity index (χ4n) is 4.66. The Morgan fingerprint density at radius 2 is 1.69 bits per heavy atom. The molecule has 0 bridgehead atoms. The van der Waals surface area contributed by atoms with Gasteiger partial charge in [-0.3, -0.25) is 9.59 Å². The molecule has 4 rings (SSSR count). The molecule has 2 aromatic carbocycles. The zero-order valence-corrected chi connectivity index (χ0v) is 18.2. The van der Waals surface area contributed by atoms with Crippen LogP contribution in [-0.4, -0.2) is 48.9 Å². The van der Waals surface area contributed by atoms with Crippen LogP contribution >= 0.6 is 0 Å². The van der Waals surface area contributed by atoms with Crippen molar-refractivity contribution in [2.75, 3.05) is 26.2 Å². The lowest BCUT2D eigenvalue weighted by Gasteiger charge is -2.30. The van der Waals surface area contributed by atoms with Gasteiger partial charge in [0.2, 0.25) is 5.91 Å². The lowest BCUT2D eigenvalue weighted by atomic mass is 9.79. The summed E-state index contributed by atoms with van der Waals surface area (Å²) in [5.74, 6) is -0.289. The zero-order valence-electron chi connectivity index (χ0n) is 18.2. The van der Waals surface area contributed by atoms with Crippen molar-refractivity contribution in [1.29, 1.82) is 0 Å². The maximum absolute atomic E-state index is 12.5. The summed E-state index contributed by atoms with van der Waals surface area (Å²) in [6.45, 7) is 2.09. The molecule has 0 radical (unpaired) electrons. The summed E-state index contributed by atoms with van der Waals surface area (Å²) in [4.78, 5) is 38.0. The Hall–Kier alpha value is -3.35. The minimum absolute atomic E-state index is 0.0198. The molecule has 2 aromatic rings. The number of rotatable bonds is 6. The standard InChI is InChI=1S/C25H30N4O3/c30-22-17-29(15-14-26-22)23(31)20-10-8-19(9-11-20)16-27-24(32)28-18-25(12-4-5-13-25)21-6-2-1-3-7-21/h1-3,6-11H,4-5,12-18H2,(H,26,30)(H2,27,28,32). The highest BCUT2D eigenvalue weighted by molar-refractivity contribution is 5.97. The highest BCUT2D eigenvalue weighted by Gasteiger charge is 2.35. The van der Waals surface area contributed by atoms with E-state index in [2.05, 4.69) is 40.2 Å². The van der Waals surface area contributed by atoms with Crippen LogP contribution in [-0.2, 0) is 16.8 Å². The molecule has 0 unspecified atom stereocenters. The van der Waals surface area contributed by atoms with Gasteiger partial charge in [0.15, 0.2) is 0 Å². The quantitative estimate of drug-likeness (QED) is 0.653. The van der Waals surface area contributed by atoms with Gasteiger partial charge in [-0.25, -0.2) is 4.79 Å². The van der Waals surface area contributed by atoms with Gasteiger partial charge in [0.25, 0.3) is 5.91 Å². The van der Waals surface area contributed by atoms with Gasteiger partial charge in [-0.15, -0.1) is 0 Å². The first-order valence-electron chi connectivity index (χ1n) is 11.3. The number of carbonyl (C=O) groups excluding carboxylic acids is 3. The molecular formula is C25H30N4O3. The van der Waals surface area contributed by atoms with E-state index in [0.717, 1.165) is 18.4 Å². The largest absolute Gasteiger partial charge is 0.353 e. The van der Waals surface area contributed by atoms with Crippen molar-refractivity contribution >= 4 is 17.8 Å². The summed E-state index contributed by atoms with van der Waals surface area (Å²) in [7, 11) is 0. The first-order valence-corrected chi connectivity index (χ1v) is 11.3. The summed E-state index contributed by atoms with van der Waals surface area (Å²) in [6.07, 6.45) is 4.55. The van der Waals surface area contributed by atoms with Gasteiger partial charge in [0, 0.05) is 37.2 Å². The summed E-state index contributed by atoms with van der Waals surface area (Å²) >= 11 is 0. The smallest absolute Gasteiger partial charge is 0.315 e. The summed E-state index contributed by atoms with van der Waals surface area (Å²) < 4.78 is 0. The molecule has 2 aliphatic rings. The Labute approximate surface area is 188 Å². The second-order valence-corrected chi connectivity index (χ2v) is 8.66. The molecule has 1 aliphatic carbocycles. The van der Waals surface area contributed by atoms with E-state index in [1.165, 1.54) is 18.4 Å². The number of benzene rings is 2. The number of nitrogens with one attached hydrogen (secondary N) is 3. The number of hydrogen-bond donors (Lipinski definition) is 3. The number of piperazine rings is 1. The van der Waals surface area contributed by atoms with Crippen molar-refractivity contribution in [3.05, 3.63) is 71.3 Å². The second kappa shape index (κ2) is 9.85. The molecule has 1 saturated heterocycles. The van der Waals surface area contributed by atoms with Crippen molar-refractivity contribution in [1.82, 2.24) is 20.9 Å². The fraction of sp³-hybridized carbons (Fsp3) is 0.400. The predicted octanol–water partition coefficient (Wildman–Crippen LogP) is 2.57. The Morgan fingerprint density at radius 1 is 0.969 bits per heavy atom. The van der Waals surface area contributed by atoms with Crippen molar-refractivity contribution in [3.8, 4) is 0 Å². The Balaban J connectivity index is 1.28. The third kappa shape index (κ3) is 5.10. The normalized spacial score (nSPS) is 17.5. The van der Waals surface area contributed by atoms with Crippen molar-refractivity contribution in [3.63, 3.8) is 0 Å². The molecule has 0 aromatic heterocycles. The highest BCUT2D eigenvalue weighted by atomic mass is 16.2. The SMILES string of the molecule is O=C1CN(C(=O)c2ccc(CNC(=O)NCC3(c4ccccc4)CCCC3)cc2)CCN1. The molecule has 32 heavy (non-hydrogen) atoms. The first-order chi connectivity index (χ1) is 15.6. The summed E-state index contributed by atoms with van der Waals surface area (Å²) in [5, 5.41) is 8.69. The highest BCUT2D eigenvalue weighted by Crippen LogP contribution is 2.40. The molecule has 7 nitrogen and oxygen atoms in total. The van der Waals surface area contributed by atoms with Crippen LogP contribution in [0.15, 0.2) is 54.6 Å². The minimum Gasteiger partial charge on any atom is -0.353 e. The number of hydrogen-bond acceptors (Lipinski definition) is 3. The first kappa shape index (κ1) is 21.9. The van der Waals surface area contributed by atoms with Crippen molar-refractivity contribution in [2.24, 2.45) is 0 Å². The van der Waals surface area contributed by atoms with Crippen LogP contribution in [0.2, 0.25) is 0 Å². The van der Waals surface area contributed by atoms with Crippen LogP contribution in [0, 0.1) is 0 Å². The fourth-order valence-corrected chi connectivity index (χ4v) is 4.66. The van der Waals surface area contributed by atoms with Crippen molar-refractivity contribution in [2.45, 2.75) is 37.6 Å². The van der Waals surface area contributed by atoms with Crippen LogP contribution in [0.3, 0.4) is 0 Å². The van der Waals surface area contributed by atoms with Crippen molar-refractivity contribution < 1.29 is 14.4 Å². The van der Waals surface area contributed by atoms with Gasteiger partial charge in [-0.1, -0.05) is 55.3 Å². The van der Waals surface area contributed by atoms with Crippen LogP contribution < -0.4 is 16.0 Å². The third-order valence-electron chi connectivity index (χ3n) is 6.51. The maximum Gasteiger partial charge on any atom is 0.315 e. The van der Waals surface area contributed by atoms with E-state index in [9.17, 15) is 14.4 Å². The Bertz CT molecular complexity index is 953. The maximum atomic E-state index is 12.5. The lowest BCUT2D eigenvalue weighted by molar-refractivity contribution is -0.123. The van der Waals surface area contributed by atoms with E-state index in [4.69, 9.17) is 0 Å². The molecule has 7 heteroatoms. The van der Waals surface area contributed by atoms with Crippen LogP contribution in [0.1, 0.15) is 47.2 Å². The molecule has 1 heterocycles. The van der Waals surface area contributed by atoms with Crippen LogP contribution in [0.25, 0.3) is 0 Å². The Kier molecular flexibility index (Phi) is 6.73. The summed E-state index contributed by atoms with van der Waals surface area (Å²) in [5.41, 5.74) is 2.77. The third-order valence-corrected chi connectivity index (χ3v) is 6.51.